The second-order valence-electron chi connectivity index (χ2n) is 3.17. The van der Waals surface area contributed by atoms with Crippen LogP contribution in [0.15, 0.2) is 24.3 Å². The molecule has 0 atom stereocenters. The zero-order valence-electron chi connectivity index (χ0n) is 9.39. The minimum absolute atomic E-state index is 0.0131. The van der Waals surface area contributed by atoms with Gasteiger partial charge in [-0.3, -0.25) is 4.18 Å². The standard InChI is InChI=1S/C11H10F2O4S/c1-18(14,15)16-7-3-5-9-4-2-6-10(8-9)17-11(12)13/h2,4,6,8,11H,7H2,1H3. The third kappa shape index (κ3) is 6.18. The zero-order chi connectivity index (χ0) is 13.6. The Bertz CT molecular complexity index is 558. The molecular weight excluding hydrogens is 266 g/mol. The van der Waals surface area contributed by atoms with E-state index in [4.69, 9.17) is 0 Å². The molecule has 1 aromatic carbocycles. The number of benzene rings is 1. The summed E-state index contributed by atoms with van der Waals surface area (Å²) < 4.78 is 53.7. The Morgan fingerprint density at radius 1 is 1.39 bits per heavy atom. The van der Waals surface area contributed by atoms with Crippen LogP contribution in [0.5, 0.6) is 5.75 Å². The predicted octanol–water partition coefficient (Wildman–Crippen LogP) is 1.62. The minimum atomic E-state index is -3.53. The molecule has 0 saturated heterocycles. The number of alkyl halides is 2. The average molecular weight is 276 g/mol. The highest BCUT2D eigenvalue weighted by Crippen LogP contribution is 2.15. The van der Waals surface area contributed by atoms with E-state index in [0.717, 1.165) is 6.26 Å². The molecule has 1 rings (SSSR count). The summed E-state index contributed by atoms with van der Waals surface area (Å²) in [4.78, 5) is 0. The molecule has 0 radical (unpaired) electrons. The molecule has 18 heavy (non-hydrogen) atoms. The third-order valence-corrected chi connectivity index (χ3v) is 2.18. The van der Waals surface area contributed by atoms with Crippen molar-refractivity contribution in [2.45, 2.75) is 6.61 Å². The van der Waals surface area contributed by atoms with E-state index in [9.17, 15) is 17.2 Å². The van der Waals surface area contributed by atoms with Crippen LogP contribution >= 0.6 is 0 Å². The Kier molecular flexibility index (Phi) is 5.07. The molecule has 0 fully saturated rings. The smallest absolute Gasteiger partial charge is 0.387 e. The SMILES string of the molecule is CS(=O)(=O)OCC#Cc1cccc(OC(F)F)c1. The molecule has 0 N–H and O–H groups in total. The van der Waals surface area contributed by atoms with Gasteiger partial charge in [0, 0.05) is 5.56 Å². The largest absolute Gasteiger partial charge is 0.435 e. The second-order valence-corrected chi connectivity index (χ2v) is 4.82. The fourth-order valence-corrected chi connectivity index (χ4v) is 1.30. The molecule has 0 spiro atoms. The molecule has 0 bridgehead atoms. The highest BCUT2D eigenvalue weighted by Gasteiger charge is 2.03. The highest BCUT2D eigenvalue weighted by atomic mass is 32.2. The molecule has 0 aromatic heterocycles. The van der Waals surface area contributed by atoms with Crippen LogP contribution in [-0.2, 0) is 14.3 Å². The van der Waals surface area contributed by atoms with Crippen molar-refractivity contribution >= 4 is 10.1 Å². The highest BCUT2D eigenvalue weighted by molar-refractivity contribution is 7.85. The van der Waals surface area contributed by atoms with Gasteiger partial charge in [-0.1, -0.05) is 17.9 Å². The topological polar surface area (TPSA) is 52.6 Å². The summed E-state index contributed by atoms with van der Waals surface area (Å²) in [5.41, 5.74) is 0.422. The summed E-state index contributed by atoms with van der Waals surface area (Å²) >= 11 is 0. The molecule has 0 amide bonds. The van der Waals surface area contributed by atoms with Crippen LogP contribution in [0.4, 0.5) is 8.78 Å². The maximum atomic E-state index is 11.9. The lowest BCUT2D eigenvalue weighted by atomic mass is 10.2. The molecule has 0 aliphatic rings. The van der Waals surface area contributed by atoms with Crippen molar-refractivity contribution in [1.82, 2.24) is 0 Å². The molecule has 0 unspecified atom stereocenters. The molecule has 0 heterocycles. The molecule has 0 saturated carbocycles. The van der Waals surface area contributed by atoms with Gasteiger partial charge in [-0.15, -0.1) is 0 Å². The molecule has 98 valence electrons. The fraction of sp³-hybridized carbons (Fsp3) is 0.273. The van der Waals surface area contributed by atoms with Crippen molar-refractivity contribution in [3.05, 3.63) is 29.8 Å². The summed E-state index contributed by atoms with van der Waals surface area (Å²) in [6, 6.07) is 5.76. The van der Waals surface area contributed by atoms with E-state index in [1.54, 1.807) is 6.07 Å². The van der Waals surface area contributed by atoms with Crippen LogP contribution in [-0.4, -0.2) is 27.9 Å². The van der Waals surface area contributed by atoms with Gasteiger partial charge in [-0.25, -0.2) is 0 Å². The van der Waals surface area contributed by atoms with Gasteiger partial charge in [0.1, 0.15) is 12.4 Å². The van der Waals surface area contributed by atoms with E-state index < -0.39 is 16.7 Å². The third-order valence-electron chi connectivity index (χ3n) is 1.64. The zero-order valence-corrected chi connectivity index (χ0v) is 10.2. The summed E-state index contributed by atoms with van der Waals surface area (Å²) in [5, 5.41) is 0. The molecule has 0 aliphatic carbocycles. The average Bonchev–Trinajstić information content (AvgIpc) is 2.23. The van der Waals surface area contributed by atoms with Crippen molar-refractivity contribution in [2.75, 3.05) is 12.9 Å². The van der Waals surface area contributed by atoms with Gasteiger partial charge < -0.3 is 4.74 Å². The minimum Gasteiger partial charge on any atom is -0.435 e. The molecule has 7 heteroatoms. The van der Waals surface area contributed by atoms with E-state index >= 15 is 0 Å². The summed E-state index contributed by atoms with van der Waals surface area (Å²) in [6.45, 7) is -3.19. The normalized spacial score (nSPS) is 10.9. The van der Waals surface area contributed by atoms with Crippen LogP contribution in [0.2, 0.25) is 0 Å². The summed E-state index contributed by atoms with van der Waals surface area (Å²) in [7, 11) is -3.53. The van der Waals surface area contributed by atoms with Crippen LogP contribution in [0.1, 0.15) is 5.56 Å². The van der Waals surface area contributed by atoms with Crippen molar-refractivity contribution in [2.24, 2.45) is 0 Å². The van der Waals surface area contributed by atoms with E-state index in [0.29, 0.717) is 5.56 Å². The van der Waals surface area contributed by atoms with Crippen molar-refractivity contribution < 1.29 is 26.1 Å². The van der Waals surface area contributed by atoms with Crippen LogP contribution in [0.3, 0.4) is 0 Å². The van der Waals surface area contributed by atoms with Crippen molar-refractivity contribution in [1.29, 1.82) is 0 Å². The molecule has 4 nitrogen and oxygen atoms in total. The number of hydrogen-bond donors (Lipinski definition) is 0. The lowest BCUT2D eigenvalue weighted by Crippen LogP contribution is -2.02. The monoisotopic (exact) mass is 276 g/mol. The van der Waals surface area contributed by atoms with Crippen LogP contribution < -0.4 is 4.74 Å². The Morgan fingerprint density at radius 2 is 2.11 bits per heavy atom. The van der Waals surface area contributed by atoms with Crippen LogP contribution in [0.25, 0.3) is 0 Å². The fourth-order valence-electron chi connectivity index (χ4n) is 1.02. The lowest BCUT2D eigenvalue weighted by Gasteiger charge is -2.03. The second kappa shape index (κ2) is 6.33. The Balaban J connectivity index is 2.65. The first-order valence-corrected chi connectivity index (χ1v) is 6.56. The number of rotatable bonds is 4. The van der Waals surface area contributed by atoms with Crippen molar-refractivity contribution in [3.63, 3.8) is 0 Å². The number of hydrogen-bond acceptors (Lipinski definition) is 4. The van der Waals surface area contributed by atoms with E-state index in [-0.39, 0.29) is 12.4 Å². The van der Waals surface area contributed by atoms with Crippen LogP contribution in [0, 0.1) is 11.8 Å². The number of halogens is 2. The van der Waals surface area contributed by atoms with Gasteiger partial charge in [-0.05, 0) is 18.2 Å². The summed E-state index contributed by atoms with van der Waals surface area (Å²) in [5.74, 6) is 5.00. The lowest BCUT2D eigenvalue weighted by molar-refractivity contribution is -0.0498. The Hall–Kier alpha value is -1.65. The molecular formula is C11H10F2O4S. The number of ether oxygens (including phenoxy) is 1. The first-order chi connectivity index (χ1) is 8.37. The van der Waals surface area contributed by atoms with Gasteiger partial charge in [0.2, 0.25) is 0 Å². The van der Waals surface area contributed by atoms with E-state index in [2.05, 4.69) is 20.8 Å². The first-order valence-electron chi connectivity index (χ1n) is 4.75. The maximum Gasteiger partial charge on any atom is 0.387 e. The van der Waals surface area contributed by atoms with Crippen molar-refractivity contribution in [3.8, 4) is 17.6 Å². The predicted molar refractivity (Wildman–Crippen MR) is 60.7 cm³/mol. The molecule has 0 aliphatic heterocycles. The van der Waals surface area contributed by atoms with Gasteiger partial charge in [-0.2, -0.15) is 17.2 Å². The van der Waals surface area contributed by atoms with E-state index in [1.165, 1.54) is 18.2 Å². The maximum absolute atomic E-state index is 11.9. The van der Waals surface area contributed by atoms with Gasteiger partial charge in [0.05, 0.1) is 6.26 Å². The quantitative estimate of drug-likeness (QED) is 0.619. The first kappa shape index (κ1) is 14.4. The Morgan fingerprint density at radius 3 is 2.72 bits per heavy atom. The Labute approximate surface area is 104 Å². The van der Waals surface area contributed by atoms with Gasteiger partial charge in [0.25, 0.3) is 10.1 Å². The van der Waals surface area contributed by atoms with Gasteiger partial charge in [0.15, 0.2) is 0 Å². The summed E-state index contributed by atoms with van der Waals surface area (Å²) in [6.07, 6.45) is 0.909. The van der Waals surface area contributed by atoms with E-state index in [1.807, 2.05) is 0 Å². The molecule has 1 aromatic rings. The van der Waals surface area contributed by atoms with Gasteiger partial charge >= 0.3 is 6.61 Å².